The molecule has 1 aliphatic heterocycles. The zero-order valence-corrected chi connectivity index (χ0v) is 11.9. The minimum absolute atomic E-state index is 0.735. The molecule has 0 amide bonds. The van der Waals surface area contributed by atoms with Crippen LogP contribution in [0.1, 0.15) is 25.5 Å². The van der Waals surface area contributed by atoms with Crippen LogP contribution in [0.4, 0.5) is 0 Å². The lowest BCUT2D eigenvalue weighted by molar-refractivity contribution is 0.370. The average molecular weight is 271 g/mol. The Bertz CT molecular complexity index is 557. The molecule has 3 heterocycles. The van der Waals surface area contributed by atoms with Crippen molar-refractivity contribution in [2.75, 3.05) is 13.1 Å². The van der Waals surface area contributed by atoms with Gasteiger partial charge in [0.1, 0.15) is 0 Å². The van der Waals surface area contributed by atoms with E-state index in [1.54, 1.807) is 0 Å². The Labute approximate surface area is 119 Å². The molecule has 0 aromatic carbocycles. The average Bonchev–Trinajstić information content (AvgIpc) is 2.98. The van der Waals surface area contributed by atoms with Crippen LogP contribution in [0.3, 0.4) is 0 Å². The van der Waals surface area contributed by atoms with Gasteiger partial charge in [0.15, 0.2) is 0 Å². The fourth-order valence-electron chi connectivity index (χ4n) is 2.69. The van der Waals surface area contributed by atoms with Gasteiger partial charge < -0.3 is 5.32 Å². The summed E-state index contributed by atoms with van der Waals surface area (Å²) in [6.45, 7) is 5.21. The van der Waals surface area contributed by atoms with Gasteiger partial charge in [-0.05, 0) is 45.2 Å². The maximum Gasteiger partial charge on any atom is 0.0920 e. The van der Waals surface area contributed by atoms with Crippen LogP contribution in [0.5, 0.6) is 0 Å². The highest BCUT2D eigenvalue weighted by molar-refractivity contribution is 5.55. The molecule has 1 saturated heterocycles. The second-order valence-corrected chi connectivity index (χ2v) is 5.38. The fraction of sp³-hybridized carbons (Fsp3) is 0.533. The molecule has 1 N–H and O–H groups in total. The van der Waals surface area contributed by atoms with E-state index in [0.29, 0.717) is 0 Å². The van der Waals surface area contributed by atoms with Gasteiger partial charge in [0, 0.05) is 24.5 Å². The smallest absolute Gasteiger partial charge is 0.0920 e. The molecule has 0 spiro atoms. The van der Waals surface area contributed by atoms with E-state index in [-0.39, 0.29) is 0 Å². The molecule has 0 aliphatic carbocycles. The molecule has 0 bridgehead atoms. The van der Waals surface area contributed by atoms with E-state index >= 15 is 0 Å². The third-order valence-electron chi connectivity index (χ3n) is 3.89. The molecular formula is C15H21N5. The molecule has 1 aliphatic rings. The number of hydrogen-bond acceptors (Lipinski definition) is 4. The molecule has 0 saturated carbocycles. The minimum Gasteiger partial charge on any atom is -0.317 e. The summed E-state index contributed by atoms with van der Waals surface area (Å²) in [5, 5.41) is 7.70. The molecule has 0 atom stereocenters. The molecule has 1 fully saturated rings. The number of nitrogens with zero attached hydrogens (tertiary/aromatic N) is 4. The van der Waals surface area contributed by atoms with Gasteiger partial charge in [0.05, 0.1) is 23.8 Å². The standard InChI is InChI=1S/C15H21N5/c1-2-20-11-13(8-18-20)15-10-17-9-14(19-15)7-12-3-5-16-6-4-12/h8-12,16H,2-7H2,1H3. The van der Waals surface area contributed by atoms with Gasteiger partial charge >= 0.3 is 0 Å². The molecule has 5 heteroatoms. The van der Waals surface area contributed by atoms with Crippen molar-refractivity contribution in [2.24, 2.45) is 5.92 Å². The zero-order valence-electron chi connectivity index (χ0n) is 11.9. The van der Waals surface area contributed by atoms with Crippen molar-refractivity contribution in [2.45, 2.75) is 32.7 Å². The third-order valence-corrected chi connectivity index (χ3v) is 3.89. The SMILES string of the molecule is CCn1cc(-c2cncc(CC3CCNCC3)n2)cn1. The van der Waals surface area contributed by atoms with Crippen molar-refractivity contribution in [3.8, 4) is 11.3 Å². The highest BCUT2D eigenvalue weighted by atomic mass is 15.3. The summed E-state index contributed by atoms with van der Waals surface area (Å²) in [4.78, 5) is 9.09. The Hall–Kier alpha value is -1.75. The molecule has 2 aromatic heterocycles. The van der Waals surface area contributed by atoms with Crippen LogP contribution in [0, 0.1) is 5.92 Å². The second-order valence-electron chi connectivity index (χ2n) is 5.38. The first-order valence-corrected chi connectivity index (χ1v) is 7.39. The zero-order chi connectivity index (χ0) is 13.8. The maximum atomic E-state index is 4.75. The van der Waals surface area contributed by atoms with Crippen molar-refractivity contribution in [1.29, 1.82) is 0 Å². The highest BCUT2D eigenvalue weighted by Crippen LogP contribution is 2.19. The van der Waals surface area contributed by atoms with Crippen LogP contribution < -0.4 is 5.32 Å². The predicted octanol–water partition coefficient (Wildman–Crippen LogP) is 1.90. The van der Waals surface area contributed by atoms with Gasteiger partial charge in [0.25, 0.3) is 0 Å². The van der Waals surface area contributed by atoms with Crippen LogP contribution in [0.25, 0.3) is 11.3 Å². The van der Waals surface area contributed by atoms with E-state index in [9.17, 15) is 0 Å². The monoisotopic (exact) mass is 271 g/mol. The molecule has 2 aromatic rings. The van der Waals surface area contributed by atoms with Crippen LogP contribution in [0.15, 0.2) is 24.8 Å². The summed E-state index contributed by atoms with van der Waals surface area (Å²) < 4.78 is 1.91. The van der Waals surface area contributed by atoms with Crippen LogP contribution in [0.2, 0.25) is 0 Å². The molecule has 106 valence electrons. The summed E-state index contributed by atoms with van der Waals surface area (Å²) in [5.74, 6) is 0.735. The molecule has 20 heavy (non-hydrogen) atoms. The van der Waals surface area contributed by atoms with Gasteiger partial charge in [-0.15, -0.1) is 0 Å². The van der Waals surface area contributed by atoms with Gasteiger partial charge in [0.2, 0.25) is 0 Å². The fourth-order valence-corrected chi connectivity index (χ4v) is 2.69. The van der Waals surface area contributed by atoms with E-state index in [2.05, 4.69) is 22.3 Å². The number of rotatable bonds is 4. The lowest BCUT2D eigenvalue weighted by atomic mass is 9.93. The quantitative estimate of drug-likeness (QED) is 0.923. The van der Waals surface area contributed by atoms with Crippen LogP contribution in [-0.4, -0.2) is 32.8 Å². The Morgan fingerprint density at radius 3 is 2.85 bits per heavy atom. The van der Waals surface area contributed by atoms with E-state index in [1.807, 2.05) is 29.5 Å². The van der Waals surface area contributed by atoms with Crippen molar-refractivity contribution in [3.63, 3.8) is 0 Å². The number of nitrogens with one attached hydrogen (secondary N) is 1. The summed E-state index contributed by atoms with van der Waals surface area (Å²) in [5.41, 5.74) is 3.07. The first kappa shape index (κ1) is 13.2. The first-order valence-electron chi connectivity index (χ1n) is 7.39. The summed E-state index contributed by atoms with van der Waals surface area (Å²) in [7, 11) is 0. The summed E-state index contributed by atoms with van der Waals surface area (Å²) >= 11 is 0. The maximum absolute atomic E-state index is 4.75. The van der Waals surface area contributed by atoms with Crippen molar-refractivity contribution in [3.05, 3.63) is 30.5 Å². The van der Waals surface area contributed by atoms with Crippen molar-refractivity contribution < 1.29 is 0 Å². The van der Waals surface area contributed by atoms with E-state index in [4.69, 9.17) is 4.98 Å². The van der Waals surface area contributed by atoms with E-state index in [0.717, 1.165) is 48.9 Å². The molecule has 0 unspecified atom stereocenters. The molecular weight excluding hydrogens is 250 g/mol. The molecule has 0 radical (unpaired) electrons. The number of aryl methyl sites for hydroxylation is 1. The molecule has 3 rings (SSSR count). The third kappa shape index (κ3) is 3.04. The first-order chi connectivity index (χ1) is 9.85. The summed E-state index contributed by atoms with van der Waals surface area (Å²) in [6, 6.07) is 0. The number of hydrogen-bond donors (Lipinski definition) is 1. The van der Waals surface area contributed by atoms with Crippen LogP contribution in [-0.2, 0) is 13.0 Å². The van der Waals surface area contributed by atoms with Crippen molar-refractivity contribution in [1.82, 2.24) is 25.1 Å². The van der Waals surface area contributed by atoms with E-state index in [1.165, 1.54) is 12.8 Å². The van der Waals surface area contributed by atoms with Gasteiger partial charge in [-0.2, -0.15) is 5.10 Å². The predicted molar refractivity (Wildman–Crippen MR) is 78.2 cm³/mol. The Morgan fingerprint density at radius 1 is 1.25 bits per heavy atom. The second kappa shape index (κ2) is 6.13. The van der Waals surface area contributed by atoms with Crippen LogP contribution >= 0.6 is 0 Å². The minimum atomic E-state index is 0.735. The number of piperidine rings is 1. The highest BCUT2D eigenvalue weighted by Gasteiger charge is 2.15. The Balaban J connectivity index is 1.74. The van der Waals surface area contributed by atoms with Gasteiger partial charge in [-0.1, -0.05) is 0 Å². The number of aromatic nitrogens is 4. The largest absolute Gasteiger partial charge is 0.317 e. The van der Waals surface area contributed by atoms with Crippen molar-refractivity contribution >= 4 is 0 Å². The van der Waals surface area contributed by atoms with Gasteiger partial charge in [-0.3, -0.25) is 9.67 Å². The lowest BCUT2D eigenvalue weighted by Crippen LogP contribution is -2.28. The molecule has 5 nitrogen and oxygen atoms in total. The van der Waals surface area contributed by atoms with Gasteiger partial charge in [-0.25, -0.2) is 4.98 Å². The Morgan fingerprint density at radius 2 is 2.10 bits per heavy atom. The lowest BCUT2D eigenvalue weighted by Gasteiger charge is -2.22. The topological polar surface area (TPSA) is 55.6 Å². The summed E-state index contributed by atoms with van der Waals surface area (Å²) in [6.07, 6.45) is 11.1. The normalized spacial score (nSPS) is 16.4. The Kier molecular flexibility index (Phi) is 4.06. The van der Waals surface area contributed by atoms with E-state index < -0.39 is 0 Å².